The van der Waals surface area contributed by atoms with E-state index in [1.807, 2.05) is 23.6 Å². The fraction of sp³-hybridized carbons (Fsp3) is 0.150. The van der Waals surface area contributed by atoms with Gasteiger partial charge in [-0.2, -0.15) is 4.98 Å². The topological polar surface area (TPSA) is 68.5 Å². The van der Waals surface area contributed by atoms with Gasteiger partial charge in [-0.05, 0) is 36.4 Å². The minimum atomic E-state index is -0.294. The summed E-state index contributed by atoms with van der Waals surface area (Å²) in [5.74, 6) is 0.736. The Kier molecular flexibility index (Phi) is 5.29. The number of carbonyl (C=O) groups is 1. The predicted octanol–water partition coefficient (Wildman–Crippen LogP) is 3.33. The molecule has 0 bridgehead atoms. The molecule has 0 saturated carbocycles. The minimum absolute atomic E-state index is 0.0267. The van der Waals surface area contributed by atoms with Gasteiger partial charge in [0, 0.05) is 23.9 Å². The highest BCUT2D eigenvalue weighted by molar-refractivity contribution is 7.15. The lowest BCUT2D eigenvalue weighted by atomic mass is 10.2. The van der Waals surface area contributed by atoms with Crippen molar-refractivity contribution in [3.63, 3.8) is 0 Å². The van der Waals surface area contributed by atoms with Crippen molar-refractivity contribution in [2.24, 2.45) is 0 Å². The number of nitrogens with one attached hydrogen (secondary N) is 1. The van der Waals surface area contributed by atoms with E-state index in [9.17, 15) is 9.18 Å². The number of carbonyl (C=O) groups excluding carboxylic acids is 1. The number of hydrogen-bond acceptors (Lipinski definition) is 5. The van der Waals surface area contributed by atoms with Crippen LogP contribution in [-0.2, 0) is 11.2 Å². The van der Waals surface area contributed by atoms with Crippen LogP contribution in [0.25, 0.3) is 16.3 Å². The van der Waals surface area contributed by atoms with E-state index in [1.54, 1.807) is 28.8 Å². The molecule has 28 heavy (non-hydrogen) atoms. The first kappa shape index (κ1) is 18.1. The monoisotopic (exact) mass is 396 g/mol. The summed E-state index contributed by atoms with van der Waals surface area (Å²) < 4.78 is 20.3. The fourth-order valence-corrected chi connectivity index (χ4v) is 3.52. The zero-order chi connectivity index (χ0) is 19.3. The Morgan fingerprint density at radius 1 is 1.14 bits per heavy atom. The zero-order valence-corrected chi connectivity index (χ0v) is 15.7. The third kappa shape index (κ3) is 4.17. The summed E-state index contributed by atoms with van der Waals surface area (Å²) in [6, 6.07) is 15.3. The molecule has 4 aromatic rings. The lowest BCUT2D eigenvalue weighted by Crippen LogP contribution is -2.30. The molecular weight excluding hydrogens is 379 g/mol. The number of nitrogens with zero attached hydrogens (tertiary/aromatic N) is 3. The van der Waals surface area contributed by atoms with Crippen LogP contribution in [0.3, 0.4) is 0 Å². The Labute approximate surface area is 164 Å². The summed E-state index contributed by atoms with van der Waals surface area (Å²) in [7, 11) is 0. The van der Waals surface area contributed by atoms with Crippen LogP contribution in [0.2, 0.25) is 0 Å². The normalized spacial score (nSPS) is 10.9. The van der Waals surface area contributed by atoms with Gasteiger partial charge in [0.1, 0.15) is 11.6 Å². The zero-order valence-electron chi connectivity index (χ0n) is 14.8. The number of benzene rings is 2. The average Bonchev–Trinajstić information content (AvgIpc) is 3.29. The van der Waals surface area contributed by atoms with Gasteiger partial charge in [0.15, 0.2) is 12.4 Å². The maximum Gasteiger partial charge on any atom is 0.257 e. The van der Waals surface area contributed by atoms with Gasteiger partial charge in [0.2, 0.25) is 4.96 Å². The molecule has 6 nitrogen and oxygen atoms in total. The van der Waals surface area contributed by atoms with Crippen LogP contribution in [0.15, 0.2) is 60.0 Å². The second-order valence-corrected chi connectivity index (χ2v) is 6.90. The van der Waals surface area contributed by atoms with Crippen LogP contribution in [0, 0.1) is 5.82 Å². The van der Waals surface area contributed by atoms with Crippen LogP contribution in [0.5, 0.6) is 5.75 Å². The largest absolute Gasteiger partial charge is 0.484 e. The molecule has 0 radical (unpaired) electrons. The number of hydrogen-bond donors (Lipinski definition) is 1. The lowest BCUT2D eigenvalue weighted by Gasteiger charge is -2.07. The fourth-order valence-electron chi connectivity index (χ4n) is 2.66. The van der Waals surface area contributed by atoms with E-state index >= 15 is 0 Å². The van der Waals surface area contributed by atoms with Gasteiger partial charge in [-0.15, -0.1) is 16.4 Å². The van der Waals surface area contributed by atoms with Crippen molar-refractivity contribution in [3.8, 4) is 17.1 Å². The summed E-state index contributed by atoms with van der Waals surface area (Å²) in [4.78, 5) is 17.2. The van der Waals surface area contributed by atoms with Gasteiger partial charge >= 0.3 is 0 Å². The number of rotatable bonds is 7. The molecule has 2 aromatic carbocycles. The molecule has 0 saturated heterocycles. The molecule has 2 aromatic heterocycles. The second-order valence-electron chi connectivity index (χ2n) is 6.07. The molecule has 0 aliphatic heterocycles. The predicted molar refractivity (Wildman–Crippen MR) is 105 cm³/mol. The SMILES string of the molecule is O=C(COc1ccccc1)NCCc1csc2nc(-c3ccc(F)cc3)nn12. The molecule has 0 aliphatic carbocycles. The smallest absolute Gasteiger partial charge is 0.257 e. The van der Waals surface area contributed by atoms with Crippen molar-refractivity contribution in [1.29, 1.82) is 0 Å². The van der Waals surface area contributed by atoms with E-state index in [0.29, 0.717) is 24.5 Å². The van der Waals surface area contributed by atoms with E-state index in [0.717, 1.165) is 16.2 Å². The molecule has 4 rings (SSSR count). The van der Waals surface area contributed by atoms with Gasteiger partial charge in [-0.1, -0.05) is 18.2 Å². The van der Waals surface area contributed by atoms with Crippen molar-refractivity contribution in [3.05, 3.63) is 71.5 Å². The summed E-state index contributed by atoms with van der Waals surface area (Å²) in [6.07, 6.45) is 0.614. The third-order valence-corrected chi connectivity index (χ3v) is 4.93. The standard InChI is InChI=1S/C20H17FN4O2S/c21-15-8-6-14(7-9-15)19-23-20-25(24-19)16(13-28-20)10-11-22-18(26)12-27-17-4-2-1-3-5-17/h1-9,13H,10-12H2,(H,22,26). The second kappa shape index (κ2) is 8.18. The van der Waals surface area contributed by atoms with Gasteiger partial charge in [-0.25, -0.2) is 8.91 Å². The Morgan fingerprint density at radius 2 is 1.93 bits per heavy atom. The van der Waals surface area contributed by atoms with E-state index in [-0.39, 0.29) is 18.3 Å². The number of amides is 1. The molecule has 0 atom stereocenters. The Hall–Kier alpha value is -3.26. The van der Waals surface area contributed by atoms with Crippen LogP contribution in [0.1, 0.15) is 5.69 Å². The molecule has 8 heteroatoms. The molecular formula is C20H17FN4O2S. The summed E-state index contributed by atoms with van der Waals surface area (Å²) in [6.45, 7) is 0.440. The molecule has 142 valence electrons. The van der Waals surface area contributed by atoms with Gasteiger partial charge in [0.25, 0.3) is 5.91 Å². The molecule has 2 heterocycles. The maximum atomic E-state index is 13.1. The highest BCUT2D eigenvalue weighted by Gasteiger charge is 2.12. The summed E-state index contributed by atoms with van der Waals surface area (Å²) >= 11 is 1.48. The molecule has 0 fully saturated rings. The van der Waals surface area contributed by atoms with Crippen molar-refractivity contribution >= 4 is 22.2 Å². The van der Waals surface area contributed by atoms with Crippen LogP contribution < -0.4 is 10.1 Å². The van der Waals surface area contributed by atoms with E-state index in [4.69, 9.17) is 4.74 Å². The quantitative estimate of drug-likeness (QED) is 0.520. The van der Waals surface area contributed by atoms with Gasteiger partial charge in [-0.3, -0.25) is 4.79 Å². The third-order valence-electron chi connectivity index (χ3n) is 4.07. The van der Waals surface area contributed by atoms with E-state index in [2.05, 4.69) is 15.4 Å². The van der Waals surface area contributed by atoms with Crippen LogP contribution in [-0.4, -0.2) is 33.7 Å². The summed E-state index contributed by atoms with van der Waals surface area (Å²) in [5, 5.41) is 9.31. The first-order valence-electron chi connectivity index (χ1n) is 8.73. The highest BCUT2D eigenvalue weighted by Crippen LogP contribution is 2.21. The molecule has 1 N–H and O–H groups in total. The number of halogens is 1. The first-order chi connectivity index (χ1) is 13.7. The van der Waals surface area contributed by atoms with Crippen molar-refractivity contribution in [2.45, 2.75) is 6.42 Å². The summed E-state index contributed by atoms with van der Waals surface area (Å²) in [5.41, 5.74) is 1.71. The van der Waals surface area contributed by atoms with Gasteiger partial charge < -0.3 is 10.1 Å². The Balaban J connectivity index is 1.33. The van der Waals surface area contributed by atoms with Crippen molar-refractivity contribution in [1.82, 2.24) is 19.9 Å². The number of ether oxygens (including phenoxy) is 1. The highest BCUT2D eigenvalue weighted by atomic mass is 32.1. The number of aromatic nitrogens is 3. The Morgan fingerprint density at radius 3 is 2.71 bits per heavy atom. The average molecular weight is 396 g/mol. The van der Waals surface area contributed by atoms with E-state index < -0.39 is 0 Å². The maximum absolute atomic E-state index is 13.1. The van der Waals surface area contributed by atoms with Crippen molar-refractivity contribution in [2.75, 3.05) is 13.2 Å². The molecule has 0 unspecified atom stereocenters. The lowest BCUT2D eigenvalue weighted by molar-refractivity contribution is -0.123. The minimum Gasteiger partial charge on any atom is -0.484 e. The Bertz CT molecular complexity index is 1080. The first-order valence-corrected chi connectivity index (χ1v) is 9.60. The van der Waals surface area contributed by atoms with Crippen LogP contribution >= 0.6 is 11.3 Å². The van der Waals surface area contributed by atoms with Crippen molar-refractivity contribution < 1.29 is 13.9 Å². The van der Waals surface area contributed by atoms with E-state index in [1.165, 1.54) is 23.5 Å². The van der Waals surface area contributed by atoms with Crippen LogP contribution in [0.4, 0.5) is 4.39 Å². The number of para-hydroxylation sites is 1. The molecule has 1 amide bonds. The number of thiazole rings is 1. The van der Waals surface area contributed by atoms with Gasteiger partial charge in [0.05, 0.1) is 5.69 Å². The molecule has 0 spiro atoms. The number of fused-ring (bicyclic) bond motifs is 1. The molecule has 0 aliphatic rings.